The van der Waals surface area contributed by atoms with Crippen LogP contribution in [-0.4, -0.2) is 25.2 Å². The molecule has 0 saturated heterocycles. The van der Waals surface area contributed by atoms with Gasteiger partial charge < -0.3 is 9.47 Å². The molecule has 0 atom stereocenters. The van der Waals surface area contributed by atoms with Gasteiger partial charge in [-0.05, 0) is 33.6 Å². The Balaban J connectivity index is 4.77. The molecule has 0 heterocycles. The van der Waals surface area contributed by atoms with Gasteiger partial charge in [0.25, 0.3) is 0 Å². The van der Waals surface area contributed by atoms with Crippen LogP contribution in [0.1, 0.15) is 59.8 Å². The molecule has 4 nitrogen and oxygen atoms in total. The summed E-state index contributed by atoms with van der Waals surface area (Å²) in [4.78, 5) is 23.6. The first-order valence-corrected chi connectivity index (χ1v) is 7.12. The van der Waals surface area contributed by atoms with Crippen molar-refractivity contribution in [3.63, 3.8) is 0 Å². The van der Waals surface area contributed by atoms with E-state index in [0.29, 0.717) is 30.8 Å². The largest absolute Gasteiger partial charge is 0.463 e. The molecule has 0 spiro atoms. The molecule has 0 unspecified atom stereocenters. The Morgan fingerprint density at radius 2 is 1.42 bits per heavy atom. The second kappa shape index (κ2) is 10.6. The lowest BCUT2D eigenvalue weighted by Crippen LogP contribution is -2.15. The van der Waals surface area contributed by atoms with Gasteiger partial charge in [-0.15, -0.1) is 0 Å². The van der Waals surface area contributed by atoms with Crippen LogP contribution in [0.25, 0.3) is 0 Å². The molecule has 0 bridgehead atoms. The predicted octanol–water partition coefficient (Wildman–Crippen LogP) is 3.40. The molecule has 0 amide bonds. The van der Waals surface area contributed by atoms with Crippen LogP contribution in [0.4, 0.5) is 0 Å². The lowest BCUT2D eigenvalue weighted by Gasteiger charge is -2.11. The van der Waals surface area contributed by atoms with Crippen LogP contribution >= 0.6 is 0 Å². The molecule has 110 valence electrons. The zero-order valence-electron chi connectivity index (χ0n) is 12.6. The second-order valence-corrected chi connectivity index (χ2v) is 4.36. The first-order chi connectivity index (χ1) is 9.08. The van der Waals surface area contributed by atoms with Crippen molar-refractivity contribution in [1.82, 2.24) is 0 Å². The minimum atomic E-state index is -0.430. The van der Waals surface area contributed by atoms with E-state index in [2.05, 4.69) is 6.92 Å². The molecular formula is C15H26O4. The Labute approximate surface area is 116 Å². The van der Waals surface area contributed by atoms with E-state index in [-0.39, 0.29) is 0 Å². The summed E-state index contributed by atoms with van der Waals surface area (Å²) in [5.74, 6) is -0.828. The fourth-order valence-electron chi connectivity index (χ4n) is 1.75. The van der Waals surface area contributed by atoms with Crippen molar-refractivity contribution in [3.8, 4) is 0 Å². The average molecular weight is 270 g/mol. The number of hydrogen-bond acceptors (Lipinski definition) is 4. The third-order valence-electron chi connectivity index (χ3n) is 2.84. The molecule has 19 heavy (non-hydrogen) atoms. The Morgan fingerprint density at radius 3 is 1.95 bits per heavy atom. The molecule has 0 radical (unpaired) electrons. The Morgan fingerprint density at radius 1 is 0.842 bits per heavy atom. The van der Waals surface area contributed by atoms with Crippen molar-refractivity contribution < 1.29 is 19.1 Å². The van der Waals surface area contributed by atoms with Crippen LogP contribution in [-0.2, 0) is 19.1 Å². The summed E-state index contributed by atoms with van der Waals surface area (Å²) in [6.07, 6.45) is 4.78. The van der Waals surface area contributed by atoms with Crippen LogP contribution in [0, 0.1) is 0 Å². The highest BCUT2D eigenvalue weighted by molar-refractivity contribution is 5.99. The fourth-order valence-corrected chi connectivity index (χ4v) is 1.75. The summed E-state index contributed by atoms with van der Waals surface area (Å²) in [6.45, 7) is 7.88. The van der Waals surface area contributed by atoms with Crippen molar-refractivity contribution in [2.45, 2.75) is 59.8 Å². The summed E-state index contributed by atoms with van der Waals surface area (Å²) in [5.41, 5.74) is 0.827. The lowest BCUT2D eigenvalue weighted by atomic mass is 10.0. The van der Waals surface area contributed by atoms with Gasteiger partial charge in [-0.1, -0.05) is 26.2 Å². The van der Waals surface area contributed by atoms with E-state index in [1.54, 1.807) is 20.8 Å². The van der Waals surface area contributed by atoms with Crippen LogP contribution in [0.15, 0.2) is 11.1 Å². The van der Waals surface area contributed by atoms with Crippen molar-refractivity contribution in [3.05, 3.63) is 11.1 Å². The molecule has 0 fully saturated rings. The van der Waals surface area contributed by atoms with Gasteiger partial charge in [0.15, 0.2) is 0 Å². The van der Waals surface area contributed by atoms with Crippen LogP contribution in [0.3, 0.4) is 0 Å². The van der Waals surface area contributed by atoms with Gasteiger partial charge >= 0.3 is 11.9 Å². The van der Waals surface area contributed by atoms with Gasteiger partial charge in [0, 0.05) is 11.1 Å². The van der Waals surface area contributed by atoms with E-state index in [1.807, 2.05) is 0 Å². The van der Waals surface area contributed by atoms with Crippen molar-refractivity contribution in [2.75, 3.05) is 13.2 Å². The minimum Gasteiger partial charge on any atom is -0.463 e. The number of unbranched alkanes of at least 4 members (excludes halogenated alkanes) is 3. The standard InChI is InChI=1S/C15H26O4/c1-5-8-9-10-11-13(15(17)19-7-3)12(4)14(16)18-6-2/h5-11H2,1-4H3/b13-12-. The lowest BCUT2D eigenvalue weighted by molar-refractivity contribution is -0.141. The van der Waals surface area contributed by atoms with Crippen LogP contribution < -0.4 is 0 Å². The average Bonchev–Trinajstić information content (AvgIpc) is 2.38. The van der Waals surface area contributed by atoms with Crippen LogP contribution in [0.2, 0.25) is 0 Å². The second-order valence-electron chi connectivity index (χ2n) is 4.36. The minimum absolute atomic E-state index is 0.308. The van der Waals surface area contributed by atoms with Crippen molar-refractivity contribution in [2.24, 2.45) is 0 Å². The number of carbonyl (C=O) groups excluding carboxylic acids is 2. The number of carbonyl (C=O) groups is 2. The smallest absolute Gasteiger partial charge is 0.334 e. The van der Waals surface area contributed by atoms with E-state index in [4.69, 9.17) is 9.47 Å². The van der Waals surface area contributed by atoms with Gasteiger partial charge in [-0.2, -0.15) is 0 Å². The van der Waals surface area contributed by atoms with Crippen molar-refractivity contribution in [1.29, 1.82) is 0 Å². The monoisotopic (exact) mass is 270 g/mol. The van der Waals surface area contributed by atoms with E-state index in [1.165, 1.54) is 0 Å². The van der Waals surface area contributed by atoms with Crippen LogP contribution in [0.5, 0.6) is 0 Å². The highest BCUT2D eigenvalue weighted by atomic mass is 16.5. The summed E-state index contributed by atoms with van der Waals surface area (Å²) in [7, 11) is 0. The first kappa shape index (κ1) is 17.7. The number of rotatable bonds is 9. The Kier molecular flexibility index (Phi) is 9.85. The summed E-state index contributed by atoms with van der Waals surface area (Å²) in [5, 5.41) is 0. The Bertz CT molecular complexity index is 318. The first-order valence-electron chi connectivity index (χ1n) is 7.12. The summed E-state index contributed by atoms with van der Waals surface area (Å²) >= 11 is 0. The molecule has 0 aromatic heterocycles. The van der Waals surface area contributed by atoms with E-state index in [0.717, 1.165) is 25.7 Å². The highest BCUT2D eigenvalue weighted by Crippen LogP contribution is 2.17. The van der Waals surface area contributed by atoms with Gasteiger partial charge in [0.05, 0.1) is 13.2 Å². The molecule has 0 N–H and O–H groups in total. The predicted molar refractivity (Wildman–Crippen MR) is 74.7 cm³/mol. The molecule has 4 heteroatoms. The van der Waals surface area contributed by atoms with Gasteiger partial charge in [0.1, 0.15) is 0 Å². The third-order valence-corrected chi connectivity index (χ3v) is 2.84. The SMILES string of the molecule is CCCCCC/C(C(=O)OCC)=C(\C)C(=O)OCC. The van der Waals surface area contributed by atoms with E-state index >= 15 is 0 Å². The molecular weight excluding hydrogens is 244 g/mol. The van der Waals surface area contributed by atoms with Gasteiger partial charge in [-0.25, -0.2) is 9.59 Å². The maximum absolute atomic E-state index is 11.9. The molecule has 0 saturated carbocycles. The molecule has 0 aliphatic heterocycles. The maximum Gasteiger partial charge on any atom is 0.334 e. The maximum atomic E-state index is 11.9. The molecule has 0 aromatic rings. The summed E-state index contributed by atoms with van der Waals surface area (Å²) in [6, 6.07) is 0. The highest BCUT2D eigenvalue weighted by Gasteiger charge is 2.19. The fraction of sp³-hybridized carbons (Fsp3) is 0.733. The van der Waals surface area contributed by atoms with Crippen molar-refractivity contribution >= 4 is 11.9 Å². The molecule has 0 aliphatic carbocycles. The van der Waals surface area contributed by atoms with E-state index in [9.17, 15) is 9.59 Å². The number of hydrogen-bond donors (Lipinski definition) is 0. The summed E-state index contributed by atoms with van der Waals surface area (Å²) < 4.78 is 9.94. The zero-order valence-corrected chi connectivity index (χ0v) is 12.6. The Hall–Kier alpha value is -1.32. The number of esters is 2. The van der Waals surface area contributed by atoms with E-state index < -0.39 is 11.9 Å². The quantitative estimate of drug-likeness (QED) is 0.366. The molecule has 0 aromatic carbocycles. The zero-order chi connectivity index (χ0) is 14.7. The number of ether oxygens (including phenoxy) is 2. The molecule has 0 aliphatic rings. The normalized spacial score (nSPS) is 11.8. The third kappa shape index (κ3) is 6.99. The van der Waals surface area contributed by atoms with Gasteiger partial charge in [-0.3, -0.25) is 0 Å². The molecule has 0 rings (SSSR count). The topological polar surface area (TPSA) is 52.6 Å². The van der Waals surface area contributed by atoms with Gasteiger partial charge in [0.2, 0.25) is 0 Å².